The molecule has 0 aliphatic rings. The second-order valence-corrected chi connectivity index (χ2v) is 10.9. The van der Waals surface area contributed by atoms with E-state index in [0.29, 0.717) is 0 Å². The Morgan fingerprint density at radius 2 is 1.44 bits per heavy atom. The van der Waals surface area contributed by atoms with Crippen molar-refractivity contribution in [1.82, 2.24) is 0 Å². The van der Waals surface area contributed by atoms with E-state index in [0.717, 1.165) is 17.2 Å². The molecule has 0 saturated heterocycles. The molecule has 0 spiro atoms. The standard InChI is InChI=1S/2C2H5O.C2H5.Tl/c2*1-2-3;1-2;/h2*2H2,1H3;1H2,2H3;/q2*-1;;+2. The van der Waals surface area contributed by atoms with Gasteiger partial charge in [-0.2, -0.15) is 0 Å². The Bertz CT molecular complexity index is 53.0. The molecule has 0 heterocycles. The average Bonchev–Trinajstić information content (AvgIpc) is 1.88. The van der Waals surface area contributed by atoms with Crippen molar-refractivity contribution in [1.29, 1.82) is 0 Å². The molecule has 2 nitrogen and oxygen atoms in total. The second-order valence-electron chi connectivity index (χ2n) is 1.75. The third-order valence-corrected chi connectivity index (χ3v) is 9.11. The zero-order valence-electron chi connectivity index (χ0n) is 6.52. The van der Waals surface area contributed by atoms with Crippen LogP contribution in [0, 0.1) is 0 Å². The van der Waals surface area contributed by atoms with Crippen molar-refractivity contribution in [2.45, 2.75) is 24.8 Å². The molecule has 0 aromatic heterocycles. The second kappa shape index (κ2) is 6.96. The molecule has 0 N–H and O–H groups in total. The molecule has 0 atom stereocenters. The van der Waals surface area contributed by atoms with E-state index in [1.54, 1.807) is 0 Å². The third kappa shape index (κ3) is 5.29. The molecule has 0 aromatic carbocycles. The summed E-state index contributed by atoms with van der Waals surface area (Å²) in [5, 5.41) is 0. The summed E-state index contributed by atoms with van der Waals surface area (Å²) in [4.78, 5) is 0. The zero-order chi connectivity index (χ0) is 7.11. The predicted octanol–water partition coefficient (Wildman–Crippen LogP) is 1.57. The van der Waals surface area contributed by atoms with Crippen LogP contribution in [0.15, 0.2) is 0 Å². The molecule has 0 radical (unpaired) electrons. The molecule has 0 aromatic rings. The Hall–Kier alpha value is 0.842. The Balaban J connectivity index is 3.18. The van der Waals surface area contributed by atoms with Crippen LogP contribution in [0.3, 0.4) is 0 Å². The maximum atomic E-state index is 5.43. The average molecular weight is 324 g/mol. The van der Waals surface area contributed by atoms with Crippen molar-refractivity contribution in [3.05, 3.63) is 0 Å². The van der Waals surface area contributed by atoms with Gasteiger partial charge < -0.3 is 0 Å². The van der Waals surface area contributed by atoms with Crippen LogP contribution in [0.1, 0.15) is 20.8 Å². The summed E-state index contributed by atoms with van der Waals surface area (Å²) < 4.78 is 12.0. The van der Waals surface area contributed by atoms with E-state index in [9.17, 15) is 0 Å². The molecule has 0 saturated carbocycles. The molecule has 0 aliphatic heterocycles. The SMILES string of the molecule is CC[O][Tl]([CH2]C)[O]CC. The van der Waals surface area contributed by atoms with E-state index < -0.39 is 23.6 Å². The van der Waals surface area contributed by atoms with Gasteiger partial charge in [0.25, 0.3) is 0 Å². The van der Waals surface area contributed by atoms with Gasteiger partial charge in [-0.3, -0.25) is 0 Å². The van der Waals surface area contributed by atoms with Gasteiger partial charge in [-0.1, -0.05) is 0 Å². The van der Waals surface area contributed by atoms with E-state index in [2.05, 4.69) is 6.92 Å². The molecule has 0 unspecified atom stereocenters. The number of hydrogen-bond donors (Lipinski definition) is 0. The van der Waals surface area contributed by atoms with E-state index in [1.807, 2.05) is 13.8 Å². The van der Waals surface area contributed by atoms with Gasteiger partial charge in [0.1, 0.15) is 0 Å². The van der Waals surface area contributed by atoms with Gasteiger partial charge in [-0.05, 0) is 0 Å². The monoisotopic (exact) mass is 324 g/mol. The first-order valence-corrected chi connectivity index (χ1v) is 10.4. The minimum absolute atomic E-state index is 0.833. The van der Waals surface area contributed by atoms with Crippen molar-refractivity contribution in [2.24, 2.45) is 0 Å². The first-order chi connectivity index (χ1) is 4.35. The van der Waals surface area contributed by atoms with E-state index in [4.69, 9.17) is 5.37 Å². The normalized spacial score (nSPS) is 9.67. The van der Waals surface area contributed by atoms with E-state index >= 15 is 0 Å². The summed E-state index contributed by atoms with van der Waals surface area (Å²) in [6.07, 6.45) is 0. The Morgan fingerprint density at radius 3 is 1.67 bits per heavy atom. The van der Waals surface area contributed by atoms with Crippen molar-refractivity contribution in [2.75, 3.05) is 13.2 Å². The first kappa shape index (κ1) is 9.84. The molecule has 0 aliphatic carbocycles. The van der Waals surface area contributed by atoms with Gasteiger partial charge in [0.2, 0.25) is 0 Å². The molecule has 3 heteroatoms. The molecule has 0 rings (SSSR count). The summed E-state index contributed by atoms with van der Waals surface area (Å²) in [6, 6.07) is 0. The van der Waals surface area contributed by atoms with Crippen molar-refractivity contribution < 1.29 is 5.37 Å². The van der Waals surface area contributed by atoms with E-state index in [1.165, 1.54) is 0 Å². The summed E-state index contributed by atoms with van der Waals surface area (Å²) in [7, 11) is 0. The Labute approximate surface area is 67.0 Å². The number of rotatable bonds is 5. The zero-order valence-corrected chi connectivity index (χ0v) is 11.0. The van der Waals surface area contributed by atoms with Crippen LogP contribution in [0.5, 0.6) is 0 Å². The minimum atomic E-state index is -1.95. The van der Waals surface area contributed by atoms with Gasteiger partial charge in [-0.25, -0.2) is 0 Å². The van der Waals surface area contributed by atoms with Gasteiger partial charge in [0.15, 0.2) is 0 Å². The summed E-state index contributed by atoms with van der Waals surface area (Å²) >= 11 is -1.95. The quantitative estimate of drug-likeness (QED) is 0.715. The van der Waals surface area contributed by atoms with Crippen molar-refractivity contribution >= 4 is 23.6 Å². The summed E-state index contributed by atoms with van der Waals surface area (Å²) in [5.41, 5.74) is 0. The van der Waals surface area contributed by atoms with Crippen molar-refractivity contribution in [3.8, 4) is 0 Å². The molecule has 54 valence electrons. The Kier molecular flexibility index (Phi) is 7.61. The molecule has 0 fully saturated rings. The van der Waals surface area contributed by atoms with Crippen LogP contribution < -0.4 is 0 Å². The summed E-state index contributed by atoms with van der Waals surface area (Å²) in [5.74, 6) is 0. The topological polar surface area (TPSA) is 18.5 Å². The van der Waals surface area contributed by atoms with Crippen LogP contribution in [-0.4, -0.2) is 36.8 Å². The summed E-state index contributed by atoms with van der Waals surface area (Å²) in [6.45, 7) is 7.88. The van der Waals surface area contributed by atoms with Gasteiger partial charge in [0, 0.05) is 0 Å². The van der Waals surface area contributed by atoms with Gasteiger partial charge >= 0.3 is 66.9 Å². The molecular weight excluding hydrogens is 308 g/mol. The van der Waals surface area contributed by atoms with Crippen LogP contribution in [0.4, 0.5) is 0 Å². The van der Waals surface area contributed by atoms with Crippen LogP contribution >= 0.6 is 0 Å². The fourth-order valence-corrected chi connectivity index (χ4v) is 5.75. The predicted molar refractivity (Wildman–Crippen MR) is 39.5 cm³/mol. The van der Waals surface area contributed by atoms with Crippen LogP contribution in [0.25, 0.3) is 0 Å². The van der Waals surface area contributed by atoms with Gasteiger partial charge in [-0.15, -0.1) is 0 Å². The first-order valence-electron chi connectivity index (χ1n) is 3.58. The maximum absolute atomic E-state index is 5.43. The Morgan fingerprint density at radius 1 is 1.00 bits per heavy atom. The fourth-order valence-electron chi connectivity index (χ4n) is 0.656. The molecule has 0 bridgehead atoms. The van der Waals surface area contributed by atoms with Crippen molar-refractivity contribution in [3.63, 3.8) is 0 Å². The fraction of sp³-hybridized carbons (Fsp3) is 1.00. The number of hydrogen-bond acceptors (Lipinski definition) is 2. The third-order valence-electron chi connectivity index (χ3n) is 1.04. The molecular formula is C6H15O2Tl. The van der Waals surface area contributed by atoms with Crippen LogP contribution in [-0.2, 0) is 5.37 Å². The molecule has 0 amide bonds. The van der Waals surface area contributed by atoms with Crippen LogP contribution in [0.2, 0.25) is 3.98 Å². The molecule has 9 heavy (non-hydrogen) atoms. The van der Waals surface area contributed by atoms with Gasteiger partial charge in [0.05, 0.1) is 0 Å². The van der Waals surface area contributed by atoms with E-state index in [-0.39, 0.29) is 0 Å².